The first-order valence-corrected chi connectivity index (χ1v) is 6.33. The van der Waals surface area contributed by atoms with Gasteiger partial charge in [-0.3, -0.25) is 0 Å². The third kappa shape index (κ3) is 2.28. The smallest absolute Gasteiger partial charge is 0.128 e. The van der Waals surface area contributed by atoms with Crippen LogP contribution in [0.15, 0.2) is 59.8 Å². The van der Waals surface area contributed by atoms with E-state index in [0.29, 0.717) is 12.1 Å². The minimum Gasteiger partial charge on any atom is -0.343 e. The molecule has 100 valence electrons. The number of fused-ring (bicyclic) bond motifs is 1. The Hall–Kier alpha value is -2.62. The van der Waals surface area contributed by atoms with Gasteiger partial charge in [-0.2, -0.15) is 5.10 Å². The second kappa shape index (κ2) is 5.17. The van der Waals surface area contributed by atoms with Crippen molar-refractivity contribution in [3.05, 3.63) is 71.7 Å². The zero-order valence-electron chi connectivity index (χ0n) is 10.8. The number of aromatic nitrogens is 1. The molecule has 0 aliphatic rings. The van der Waals surface area contributed by atoms with Crippen LogP contribution in [0.3, 0.4) is 0 Å². The highest BCUT2D eigenvalue weighted by Gasteiger charge is 2.05. The minimum absolute atomic E-state index is 0.186. The summed E-state index contributed by atoms with van der Waals surface area (Å²) in [7, 11) is 0. The Kier molecular flexibility index (Phi) is 3.21. The molecule has 1 aromatic heterocycles. The van der Waals surface area contributed by atoms with Crippen LogP contribution in [0.5, 0.6) is 0 Å². The number of hydrogen-bond acceptors (Lipinski definition) is 2. The lowest BCUT2D eigenvalue weighted by molar-refractivity contribution is 0.602. The molecule has 0 unspecified atom stereocenters. The molecule has 2 aromatic carbocycles. The van der Waals surface area contributed by atoms with E-state index in [9.17, 15) is 4.39 Å². The van der Waals surface area contributed by atoms with Crippen molar-refractivity contribution in [3.63, 3.8) is 0 Å². The number of hydrazone groups is 1. The van der Waals surface area contributed by atoms with E-state index in [-0.39, 0.29) is 5.82 Å². The quantitative estimate of drug-likeness (QED) is 0.442. The fraction of sp³-hybridized carbons (Fsp3) is 0.0625. The Morgan fingerprint density at radius 1 is 1.15 bits per heavy atom. The highest BCUT2D eigenvalue weighted by molar-refractivity contribution is 5.89. The topological polar surface area (TPSA) is 43.3 Å². The van der Waals surface area contributed by atoms with Crippen molar-refractivity contribution >= 4 is 17.1 Å². The Labute approximate surface area is 116 Å². The van der Waals surface area contributed by atoms with Gasteiger partial charge in [0.2, 0.25) is 0 Å². The van der Waals surface area contributed by atoms with Crippen LogP contribution >= 0.6 is 0 Å². The lowest BCUT2D eigenvalue weighted by Gasteiger charge is -2.07. The minimum atomic E-state index is -0.186. The van der Waals surface area contributed by atoms with Crippen LogP contribution in [-0.2, 0) is 6.54 Å². The summed E-state index contributed by atoms with van der Waals surface area (Å²) in [6.45, 7) is 0.499. The fourth-order valence-corrected chi connectivity index (χ4v) is 2.32. The van der Waals surface area contributed by atoms with Crippen molar-refractivity contribution < 1.29 is 4.39 Å². The van der Waals surface area contributed by atoms with Crippen molar-refractivity contribution in [2.45, 2.75) is 6.54 Å². The highest BCUT2D eigenvalue weighted by Crippen LogP contribution is 2.19. The van der Waals surface area contributed by atoms with Gasteiger partial charge in [0.05, 0.1) is 12.8 Å². The van der Waals surface area contributed by atoms with Crippen LogP contribution < -0.4 is 5.84 Å². The van der Waals surface area contributed by atoms with E-state index >= 15 is 0 Å². The Morgan fingerprint density at radius 2 is 2.00 bits per heavy atom. The number of halogens is 1. The summed E-state index contributed by atoms with van der Waals surface area (Å²) >= 11 is 0. The van der Waals surface area contributed by atoms with E-state index < -0.39 is 0 Å². The number of benzene rings is 2. The fourth-order valence-electron chi connectivity index (χ4n) is 2.32. The average Bonchev–Trinajstić information content (AvgIpc) is 2.85. The lowest BCUT2D eigenvalue weighted by atomic mass is 10.1. The molecular weight excluding hydrogens is 253 g/mol. The first-order chi connectivity index (χ1) is 9.78. The summed E-state index contributed by atoms with van der Waals surface area (Å²) < 4.78 is 15.7. The number of hydrogen-bond donors (Lipinski definition) is 1. The van der Waals surface area contributed by atoms with Gasteiger partial charge in [-0.05, 0) is 29.1 Å². The predicted molar refractivity (Wildman–Crippen MR) is 79.2 cm³/mol. The molecule has 3 rings (SSSR count). The van der Waals surface area contributed by atoms with E-state index in [1.165, 1.54) is 6.07 Å². The number of nitrogens with zero attached hydrogens (tertiary/aromatic N) is 2. The van der Waals surface area contributed by atoms with Crippen molar-refractivity contribution in [3.8, 4) is 0 Å². The SMILES string of the molecule is NN=Cc1ccc2ccn(Cc3ccccc3F)c2c1. The van der Waals surface area contributed by atoms with E-state index in [0.717, 1.165) is 16.5 Å². The van der Waals surface area contributed by atoms with Crippen molar-refractivity contribution in [2.24, 2.45) is 10.9 Å². The molecule has 0 fully saturated rings. The second-order valence-corrected chi connectivity index (χ2v) is 4.63. The zero-order valence-corrected chi connectivity index (χ0v) is 10.8. The van der Waals surface area contributed by atoms with Gasteiger partial charge in [0.25, 0.3) is 0 Å². The monoisotopic (exact) mass is 267 g/mol. The maximum atomic E-state index is 13.7. The highest BCUT2D eigenvalue weighted by atomic mass is 19.1. The molecule has 3 aromatic rings. The summed E-state index contributed by atoms with van der Waals surface area (Å²) in [6.07, 6.45) is 3.56. The Bertz CT molecular complexity index is 774. The molecule has 4 heteroatoms. The molecule has 0 atom stereocenters. The van der Waals surface area contributed by atoms with E-state index in [2.05, 4.69) is 5.10 Å². The Morgan fingerprint density at radius 3 is 2.80 bits per heavy atom. The normalized spacial score (nSPS) is 11.4. The molecule has 20 heavy (non-hydrogen) atoms. The summed E-state index contributed by atoms with van der Waals surface area (Å²) in [4.78, 5) is 0. The molecule has 0 radical (unpaired) electrons. The summed E-state index contributed by atoms with van der Waals surface area (Å²) in [6, 6.07) is 14.8. The van der Waals surface area contributed by atoms with E-state index in [1.54, 1.807) is 18.3 Å². The molecule has 1 heterocycles. The Balaban J connectivity index is 2.03. The van der Waals surface area contributed by atoms with Crippen molar-refractivity contribution in [1.29, 1.82) is 0 Å². The van der Waals surface area contributed by atoms with Crippen molar-refractivity contribution in [2.75, 3.05) is 0 Å². The van der Waals surface area contributed by atoms with Crippen LogP contribution in [-0.4, -0.2) is 10.8 Å². The summed E-state index contributed by atoms with van der Waals surface area (Å²) in [5.41, 5.74) is 2.63. The van der Waals surface area contributed by atoms with Crippen LogP contribution in [0.4, 0.5) is 4.39 Å². The van der Waals surface area contributed by atoms with Gasteiger partial charge in [0.1, 0.15) is 5.82 Å². The number of rotatable bonds is 3. The largest absolute Gasteiger partial charge is 0.343 e. The summed E-state index contributed by atoms with van der Waals surface area (Å²) in [5.74, 6) is 4.99. The van der Waals surface area contributed by atoms with Gasteiger partial charge in [0, 0.05) is 17.3 Å². The number of nitrogens with two attached hydrogens (primary N) is 1. The van der Waals surface area contributed by atoms with Gasteiger partial charge in [-0.15, -0.1) is 0 Å². The van der Waals surface area contributed by atoms with Crippen molar-refractivity contribution in [1.82, 2.24) is 4.57 Å². The van der Waals surface area contributed by atoms with Crippen LogP contribution in [0.1, 0.15) is 11.1 Å². The third-order valence-corrected chi connectivity index (χ3v) is 3.32. The lowest BCUT2D eigenvalue weighted by Crippen LogP contribution is -2.00. The third-order valence-electron chi connectivity index (χ3n) is 3.32. The van der Waals surface area contributed by atoms with Crippen LogP contribution in [0.2, 0.25) is 0 Å². The molecule has 0 amide bonds. The molecule has 0 spiro atoms. The summed E-state index contributed by atoms with van der Waals surface area (Å²) in [5, 5.41) is 4.64. The standard InChI is InChI=1S/C16H14FN3/c17-15-4-2-1-3-14(15)11-20-8-7-13-6-5-12(10-19-18)9-16(13)20/h1-10H,11,18H2. The molecular formula is C16H14FN3. The molecule has 0 aliphatic carbocycles. The van der Waals surface area contributed by atoms with E-state index in [1.807, 2.05) is 41.1 Å². The molecule has 0 bridgehead atoms. The molecule has 3 nitrogen and oxygen atoms in total. The first kappa shape index (κ1) is 12.4. The average molecular weight is 267 g/mol. The second-order valence-electron chi connectivity index (χ2n) is 4.63. The molecule has 0 saturated carbocycles. The molecule has 0 saturated heterocycles. The van der Waals surface area contributed by atoms with E-state index in [4.69, 9.17) is 5.84 Å². The first-order valence-electron chi connectivity index (χ1n) is 6.33. The predicted octanol–water partition coefficient (Wildman–Crippen LogP) is 3.12. The van der Waals surface area contributed by atoms with Gasteiger partial charge in [-0.25, -0.2) is 4.39 Å². The van der Waals surface area contributed by atoms with Gasteiger partial charge in [0.15, 0.2) is 0 Å². The zero-order chi connectivity index (χ0) is 13.9. The van der Waals surface area contributed by atoms with Gasteiger partial charge < -0.3 is 10.4 Å². The molecule has 0 aliphatic heterocycles. The van der Waals surface area contributed by atoms with Gasteiger partial charge >= 0.3 is 0 Å². The molecule has 2 N–H and O–H groups in total. The van der Waals surface area contributed by atoms with Crippen LogP contribution in [0, 0.1) is 5.82 Å². The maximum Gasteiger partial charge on any atom is 0.128 e. The van der Waals surface area contributed by atoms with Crippen LogP contribution in [0.25, 0.3) is 10.9 Å². The van der Waals surface area contributed by atoms with Gasteiger partial charge in [-0.1, -0.05) is 30.3 Å². The maximum absolute atomic E-state index is 13.7.